The molecule has 0 saturated carbocycles. The fourth-order valence-electron chi connectivity index (χ4n) is 5.26. The number of carbonyl (C=O) groups excluding carboxylic acids is 3. The van der Waals surface area contributed by atoms with Crippen LogP contribution in [0.5, 0.6) is 0 Å². The highest BCUT2D eigenvalue weighted by atomic mass is 32.2. The van der Waals surface area contributed by atoms with Crippen molar-refractivity contribution in [3.63, 3.8) is 0 Å². The fraction of sp³-hybridized carbons (Fsp3) is 0.400. The molecule has 0 fully saturated rings. The SMILES string of the molecule is CCOC(=O)[C@H]1CC(C)=CCN1C(=O)[C@H](Cc1cccc(C#N)c1)NS(=O)(=O)c1ccc2c(c1)CN(C(=O)C(F)(F)F)CC2. The first kappa shape index (κ1) is 32.7. The minimum atomic E-state index is -5.07. The molecule has 14 heteroatoms. The van der Waals surface area contributed by atoms with Gasteiger partial charge in [-0.2, -0.15) is 23.2 Å². The van der Waals surface area contributed by atoms with Crippen molar-refractivity contribution < 1.29 is 40.7 Å². The molecule has 0 spiro atoms. The van der Waals surface area contributed by atoms with Crippen molar-refractivity contribution in [2.75, 3.05) is 19.7 Å². The molecule has 1 N–H and O–H groups in total. The quantitative estimate of drug-likeness (QED) is 0.349. The largest absolute Gasteiger partial charge is 0.471 e. The Kier molecular flexibility index (Phi) is 9.80. The van der Waals surface area contributed by atoms with Crippen molar-refractivity contribution >= 4 is 27.8 Å². The second-order valence-electron chi connectivity index (χ2n) is 10.6. The lowest BCUT2D eigenvalue weighted by molar-refractivity contribution is -0.186. The van der Waals surface area contributed by atoms with Gasteiger partial charge in [0.25, 0.3) is 0 Å². The number of fused-ring (bicyclic) bond motifs is 1. The number of esters is 1. The van der Waals surface area contributed by atoms with E-state index < -0.39 is 52.6 Å². The van der Waals surface area contributed by atoms with Gasteiger partial charge in [-0.1, -0.05) is 29.8 Å². The summed E-state index contributed by atoms with van der Waals surface area (Å²) < 4.78 is 74.1. The molecule has 2 atom stereocenters. The summed E-state index contributed by atoms with van der Waals surface area (Å²) in [6, 6.07) is 9.84. The van der Waals surface area contributed by atoms with E-state index >= 15 is 0 Å². The highest BCUT2D eigenvalue weighted by molar-refractivity contribution is 7.89. The third-order valence-corrected chi connectivity index (χ3v) is 8.96. The summed E-state index contributed by atoms with van der Waals surface area (Å²) in [7, 11) is -4.46. The first-order chi connectivity index (χ1) is 20.7. The summed E-state index contributed by atoms with van der Waals surface area (Å²) >= 11 is 0. The molecule has 2 heterocycles. The molecule has 2 amide bonds. The molecule has 2 aliphatic heterocycles. The van der Waals surface area contributed by atoms with Gasteiger partial charge in [-0.15, -0.1) is 0 Å². The molecule has 2 aliphatic rings. The van der Waals surface area contributed by atoms with Crippen molar-refractivity contribution in [3.05, 3.63) is 76.4 Å². The van der Waals surface area contributed by atoms with Gasteiger partial charge in [0.2, 0.25) is 15.9 Å². The molecule has 234 valence electrons. The Balaban J connectivity index is 1.67. The minimum Gasteiger partial charge on any atom is -0.464 e. The number of alkyl halides is 3. The van der Waals surface area contributed by atoms with Crippen molar-refractivity contribution in [2.24, 2.45) is 0 Å². The highest BCUT2D eigenvalue weighted by Crippen LogP contribution is 2.27. The van der Waals surface area contributed by atoms with Crippen LogP contribution in [-0.4, -0.2) is 74.0 Å². The lowest BCUT2D eigenvalue weighted by atomic mass is 9.98. The van der Waals surface area contributed by atoms with E-state index in [4.69, 9.17) is 4.74 Å². The van der Waals surface area contributed by atoms with Gasteiger partial charge in [0.15, 0.2) is 0 Å². The summed E-state index contributed by atoms with van der Waals surface area (Å²) in [5.74, 6) is -3.34. The second kappa shape index (κ2) is 13.2. The molecule has 0 radical (unpaired) electrons. The third-order valence-electron chi connectivity index (χ3n) is 7.49. The number of amides is 2. The van der Waals surface area contributed by atoms with Crippen molar-refractivity contribution in [1.29, 1.82) is 5.26 Å². The zero-order valence-electron chi connectivity index (χ0n) is 24.1. The van der Waals surface area contributed by atoms with Gasteiger partial charge in [-0.25, -0.2) is 13.2 Å². The number of carbonyl (C=O) groups is 3. The maximum Gasteiger partial charge on any atom is 0.471 e. The molecule has 0 unspecified atom stereocenters. The maximum absolute atomic E-state index is 14.0. The number of nitriles is 1. The summed E-state index contributed by atoms with van der Waals surface area (Å²) in [5.41, 5.74) is 2.47. The molecule has 0 bridgehead atoms. The van der Waals surface area contributed by atoms with E-state index in [1.807, 2.05) is 6.07 Å². The van der Waals surface area contributed by atoms with E-state index in [2.05, 4.69) is 4.72 Å². The van der Waals surface area contributed by atoms with Gasteiger partial charge in [0.05, 0.1) is 23.1 Å². The van der Waals surface area contributed by atoms with Crippen molar-refractivity contribution in [2.45, 2.75) is 62.8 Å². The molecular formula is C30H31F3N4O6S. The van der Waals surface area contributed by atoms with Crippen LogP contribution in [-0.2, 0) is 48.5 Å². The van der Waals surface area contributed by atoms with Gasteiger partial charge in [-0.3, -0.25) is 9.59 Å². The maximum atomic E-state index is 14.0. The average molecular weight is 633 g/mol. The van der Waals surface area contributed by atoms with Crippen LogP contribution >= 0.6 is 0 Å². The van der Waals surface area contributed by atoms with Gasteiger partial charge in [0, 0.05) is 19.6 Å². The number of rotatable bonds is 8. The first-order valence-corrected chi connectivity index (χ1v) is 15.3. The zero-order valence-corrected chi connectivity index (χ0v) is 24.9. The summed E-state index contributed by atoms with van der Waals surface area (Å²) in [5, 5.41) is 9.33. The number of nitrogens with zero attached hydrogens (tertiary/aromatic N) is 3. The van der Waals surface area contributed by atoms with Gasteiger partial charge in [0.1, 0.15) is 12.1 Å². The molecule has 2 aromatic carbocycles. The summed E-state index contributed by atoms with van der Waals surface area (Å²) in [4.78, 5) is 40.1. The monoisotopic (exact) mass is 632 g/mol. The molecular weight excluding hydrogens is 601 g/mol. The fourth-order valence-corrected chi connectivity index (χ4v) is 6.50. The number of benzene rings is 2. The van der Waals surface area contributed by atoms with Gasteiger partial charge in [-0.05, 0) is 74.1 Å². The normalized spacial score (nSPS) is 17.6. The Bertz CT molecular complexity index is 1630. The molecule has 4 rings (SSSR count). The lowest BCUT2D eigenvalue weighted by Gasteiger charge is -2.35. The Morgan fingerprint density at radius 1 is 1.16 bits per heavy atom. The zero-order chi connectivity index (χ0) is 32.2. The second-order valence-corrected chi connectivity index (χ2v) is 12.3. The number of ether oxygens (including phenoxy) is 1. The molecule has 44 heavy (non-hydrogen) atoms. The van der Waals surface area contributed by atoms with Crippen LogP contribution in [0.4, 0.5) is 13.2 Å². The van der Waals surface area contributed by atoms with Crippen LogP contribution in [0.15, 0.2) is 59.0 Å². The van der Waals surface area contributed by atoms with Crippen molar-refractivity contribution in [1.82, 2.24) is 14.5 Å². The lowest BCUT2D eigenvalue weighted by Crippen LogP contribution is -2.56. The first-order valence-electron chi connectivity index (χ1n) is 13.9. The number of sulfonamides is 1. The summed E-state index contributed by atoms with van der Waals surface area (Å²) in [6.07, 6.45) is -3.17. The van der Waals surface area contributed by atoms with Crippen LogP contribution in [0, 0.1) is 11.3 Å². The van der Waals surface area contributed by atoms with Crippen LogP contribution in [0.1, 0.15) is 42.5 Å². The highest BCUT2D eigenvalue weighted by Gasteiger charge is 2.43. The Morgan fingerprint density at radius 2 is 1.91 bits per heavy atom. The number of hydrogen-bond acceptors (Lipinski definition) is 7. The standard InChI is InChI=1S/C30H31F3N4O6S/c1-3-43-28(39)26-13-19(2)9-12-37(26)27(38)25(15-20-5-4-6-21(14-20)17-34)35-44(41,42)24-8-7-22-10-11-36(18-23(22)16-24)29(40)30(31,32)33/h4-9,14,16,25-26,35H,3,10-13,15,18H2,1-2H3/t25-,26+/m0/s1. The Labute approximate surface area is 253 Å². The number of hydrogen-bond donors (Lipinski definition) is 1. The Morgan fingerprint density at radius 3 is 2.59 bits per heavy atom. The number of halogens is 3. The van der Waals surface area contributed by atoms with Crippen LogP contribution < -0.4 is 4.72 Å². The van der Waals surface area contributed by atoms with Crippen LogP contribution in [0.3, 0.4) is 0 Å². The van der Waals surface area contributed by atoms with Crippen molar-refractivity contribution in [3.8, 4) is 6.07 Å². The van der Waals surface area contributed by atoms with Gasteiger partial charge < -0.3 is 14.5 Å². The third kappa shape index (κ3) is 7.46. The topological polar surface area (TPSA) is 137 Å². The number of nitrogens with one attached hydrogen (secondary N) is 1. The molecule has 2 aromatic rings. The average Bonchev–Trinajstić information content (AvgIpc) is 2.99. The van der Waals surface area contributed by atoms with Crippen LogP contribution in [0.2, 0.25) is 0 Å². The molecule has 0 aromatic heterocycles. The van der Waals surface area contributed by atoms with Crippen LogP contribution in [0.25, 0.3) is 0 Å². The molecule has 0 saturated heterocycles. The summed E-state index contributed by atoms with van der Waals surface area (Å²) in [6.45, 7) is 2.96. The Hall–Kier alpha value is -4.22. The van der Waals surface area contributed by atoms with E-state index in [1.165, 1.54) is 29.2 Å². The smallest absolute Gasteiger partial charge is 0.464 e. The predicted octanol–water partition coefficient (Wildman–Crippen LogP) is 3.01. The van der Waals surface area contributed by atoms with E-state index in [0.29, 0.717) is 21.6 Å². The molecule has 0 aliphatic carbocycles. The van der Waals surface area contributed by atoms with E-state index in [0.717, 1.165) is 5.57 Å². The predicted molar refractivity (Wildman–Crippen MR) is 151 cm³/mol. The molecule has 10 nitrogen and oxygen atoms in total. The van der Waals surface area contributed by atoms with E-state index in [-0.39, 0.29) is 49.4 Å². The minimum absolute atomic E-state index is 0.0343. The van der Waals surface area contributed by atoms with Gasteiger partial charge >= 0.3 is 18.1 Å². The van der Waals surface area contributed by atoms with E-state index in [1.54, 1.807) is 38.1 Å². The van der Waals surface area contributed by atoms with E-state index in [9.17, 15) is 41.2 Å².